The van der Waals surface area contributed by atoms with Crippen LogP contribution in [0.5, 0.6) is 0 Å². The fourth-order valence-electron chi connectivity index (χ4n) is 1.54. The number of sulfonamides is 1. The molecule has 114 valence electrons. The maximum absolute atomic E-state index is 13.2. The van der Waals surface area contributed by atoms with Crippen LogP contribution in [0.15, 0.2) is 23.1 Å². The highest BCUT2D eigenvalue weighted by atomic mass is 32.2. The Morgan fingerprint density at radius 2 is 2.14 bits per heavy atom. The lowest BCUT2D eigenvalue weighted by Crippen LogP contribution is -2.13. The lowest BCUT2D eigenvalue weighted by molar-refractivity contribution is 0.202. The van der Waals surface area contributed by atoms with E-state index in [2.05, 4.69) is 14.9 Å². The van der Waals surface area contributed by atoms with Gasteiger partial charge < -0.3 is 4.74 Å². The number of rotatable bonds is 6. The van der Waals surface area contributed by atoms with Crippen molar-refractivity contribution >= 4 is 26.5 Å². The van der Waals surface area contributed by atoms with Crippen molar-refractivity contribution in [3.63, 3.8) is 0 Å². The molecule has 0 saturated carbocycles. The van der Waals surface area contributed by atoms with Crippen molar-refractivity contribution in [3.8, 4) is 0 Å². The third-order valence-corrected chi connectivity index (χ3v) is 5.01. The number of aryl methyl sites for hydroxylation is 1. The van der Waals surface area contributed by atoms with Crippen LogP contribution in [0.3, 0.4) is 0 Å². The minimum Gasteiger partial charge on any atom is -0.384 e. The van der Waals surface area contributed by atoms with Gasteiger partial charge in [-0.25, -0.2) is 12.8 Å². The lowest BCUT2D eigenvalue weighted by atomic mass is 10.2. The van der Waals surface area contributed by atoms with Crippen molar-refractivity contribution < 1.29 is 17.5 Å². The third kappa shape index (κ3) is 3.96. The Labute approximate surface area is 126 Å². The van der Waals surface area contributed by atoms with E-state index in [4.69, 9.17) is 4.74 Å². The van der Waals surface area contributed by atoms with E-state index >= 15 is 0 Å². The van der Waals surface area contributed by atoms with Gasteiger partial charge in [0.05, 0.1) is 11.5 Å². The summed E-state index contributed by atoms with van der Waals surface area (Å²) < 4.78 is 44.8. The Morgan fingerprint density at radius 3 is 2.81 bits per heavy atom. The van der Waals surface area contributed by atoms with Gasteiger partial charge in [-0.3, -0.25) is 4.72 Å². The van der Waals surface area contributed by atoms with Gasteiger partial charge in [0, 0.05) is 13.5 Å². The summed E-state index contributed by atoms with van der Waals surface area (Å²) in [6.45, 7) is 1.99. The van der Waals surface area contributed by atoms with E-state index in [1.165, 1.54) is 19.1 Å². The molecule has 9 heteroatoms. The average Bonchev–Trinajstić information content (AvgIpc) is 2.86. The molecule has 0 aliphatic heterocycles. The number of benzene rings is 1. The molecule has 1 heterocycles. The van der Waals surface area contributed by atoms with Crippen LogP contribution in [0.1, 0.15) is 10.6 Å². The summed E-state index contributed by atoms with van der Waals surface area (Å²) in [6.07, 6.45) is 0.561. The predicted molar refractivity (Wildman–Crippen MR) is 77.4 cm³/mol. The topological polar surface area (TPSA) is 81.2 Å². The minimum atomic E-state index is -3.80. The molecule has 0 saturated heterocycles. The van der Waals surface area contributed by atoms with E-state index < -0.39 is 15.8 Å². The van der Waals surface area contributed by atoms with Gasteiger partial charge in [-0.05, 0) is 30.7 Å². The second-order valence-electron chi connectivity index (χ2n) is 4.26. The molecule has 1 aromatic carbocycles. The van der Waals surface area contributed by atoms with Gasteiger partial charge >= 0.3 is 0 Å². The molecule has 2 rings (SSSR count). The first-order chi connectivity index (χ1) is 9.92. The molecular formula is C12H14FN3O3S2. The molecule has 0 bridgehead atoms. The summed E-state index contributed by atoms with van der Waals surface area (Å²) >= 11 is 1.14. The Balaban J connectivity index is 2.16. The van der Waals surface area contributed by atoms with Gasteiger partial charge in [0.1, 0.15) is 10.8 Å². The van der Waals surface area contributed by atoms with Crippen LogP contribution >= 0.6 is 11.3 Å². The van der Waals surface area contributed by atoms with Crippen molar-refractivity contribution in [2.45, 2.75) is 18.2 Å². The SMILES string of the molecule is COCCc1nnc(NS(=O)(=O)c2ccc(F)c(C)c2)s1. The number of anilines is 1. The van der Waals surface area contributed by atoms with Crippen LogP contribution in [0.4, 0.5) is 9.52 Å². The summed E-state index contributed by atoms with van der Waals surface area (Å²) in [6, 6.07) is 3.59. The molecule has 0 fully saturated rings. The number of hydrogen-bond donors (Lipinski definition) is 1. The zero-order valence-corrected chi connectivity index (χ0v) is 13.1. The standard InChI is InChI=1S/C12H14FN3O3S2/c1-8-7-9(3-4-10(8)13)21(17,18)16-12-15-14-11(20-12)5-6-19-2/h3-4,7H,5-6H2,1-2H3,(H,15,16). The smallest absolute Gasteiger partial charge is 0.263 e. The lowest BCUT2D eigenvalue weighted by Gasteiger charge is -2.05. The van der Waals surface area contributed by atoms with E-state index in [9.17, 15) is 12.8 Å². The Kier molecular flexibility index (Phi) is 4.86. The molecule has 2 aromatic rings. The van der Waals surface area contributed by atoms with Gasteiger partial charge in [0.2, 0.25) is 5.13 Å². The van der Waals surface area contributed by atoms with E-state index in [0.29, 0.717) is 18.0 Å². The highest BCUT2D eigenvalue weighted by molar-refractivity contribution is 7.93. The number of nitrogens with zero attached hydrogens (tertiary/aromatic N) is 2. The third-order valence-electron chi connectivity index (χ3n) is 2.65. The molecule has 0 aliphatic rings. The second kappa shape index (κ2) is 6.46. The zero-order chi connectivity index (χ0) is 15.5. The maximum atomic E-state index is 13.2. The molecule has 6 nitrogen and oxygen atoms in total. The molecule has 0 unspecified atom stereocenters. The summed E-state index contributed by atoms with van der Waals surface area (Å²) in [5, 5.41) is 8.47. The molecule has 0 amide bonds. The van der Waals surface area contributed by atoms with E-state index in [1.807, 2.05) is 0 Å². The normalized spacial score (nSPS) is 11.6. The van der Waals surface area contributed by atoms with Crippen molar-refractivity contribution in [1.29, 1.82) is 0 Å². The van der Waals surface area contributed by atoms with Crippen molar-refractivity contribution in [3.05, 3.63) is 34.6 Å². The van der Waals surface area contributed by atoms with Crippen LogP contribution in [0, 0.1) is 12.7 Å². The van der Waals surface area contributed by atoms with E-state index in [1.54, 1.807) is 7.11 Å². The van der Waals surface area contributed by atoms with Crippen LogP contribution in [-0.4, -0.2) is 32.3 Å². The van der Waals surface area contributed by atoms with Gasteiger partial charge in [-0.2, -0.15) is 0 Å². The molecule has 0 radical (unpaired) electrons. The van der Waals surface area contributed by atoms with Gasteiger partial charge in [-0.15, -0.1) is 10.2 Å². The fourth-order valence-corrected chi connectivity index (χ4v) is 3.58. The van der Waals surface area contributed by atoms with Crippen LogP contribution in [0.2, 0.25) is 0 Å². The van der Waals surface area contributed by atoms with Crippen molar-refractivity contribution in [2.75, 3.05) is 18.4 Å². The average molecular weight is 331 g/mol. The fraction of sp³-hybridized carbons (Fsp3) is 0.333. The predicted octanol–water partition coefficient (Wildman–Crippen LogP) is 1.98. The van der Waals surface area contributed by atoms with E-state index in [-0.39, 0.29) is 15.6 Å². The maximum Gasteiger partial charge on any atom is 0.263 e. The van der Waals surface area contributed by atoms with Gasteiger partial charge in [-0.1, -0.05) is 11.3 Å². The van der Waals surface area contributed by atoms with Gasteiger partial charge in [0.15, 0.2) is 0 Å². The Hall–Kier alpha value is -1.58. The van der Waals surface area contributed by atoms with Crippen molar-refractivity contribution in [2.24, 2.45) is 0 Å². The molecule has 0 spiro atoms. The molecule has 0 aliphatic carbocycles. The number of halogens is 1. The Morgan fingerprint density at radius 1 is 1.38 bits per heavy atom. The largest absolute Gasteiger partial charge is 0.384 e. The first-order valence-corrected chi connectivity index (χ1v) is 8.32. The molecule has 1 N–H and O–H groups in total. The number of methoxy groups -OCH3 is 1. The van der Waals surface area contributed by atoms with Crippen LogP contribution in [0.25, 0.3) is 0 Å². The summed E-state index contributed by atoms with van der Waals surface area (Å²) in [5.41, 5.74) is 0.260. The highest BCUT2D eigenvalue weighted by Crippen LogP contribution is 2.21. The first kappa shape index (κ1) is 15.8. The molecule has 1 aromatic heterocycles. The molecule has 21 heavy (non-hydrogen) atoms. The minimum absolute atomic E-state index is 0.0185. The number of ether oxygens (including phenoxy) is 1. The Bertz CT molecular complexity index is 731. The zero-order valence-electron chi connectivity index (χ0n) is 11.5. The monoisotopic (exact) mass is 331 g/mol. The van der Waals surface area contributed by atoms with E-state index in [0.717, 1.165) is 17.4 Å². The summed E-state index contributed by atoms with van der Waals surface area (Å²) in [7, 11) is -2.23. The van der Waals surface area contributed by atoms with Crippen molar-refractivity contribution in [1.82, 2.24) is 10.2 Å². The number of hydrogen-bond acceptors (Lipinski definition) is 6. The first-order valence-electron chi connectivity index (χ1n) is 6.02. The summed E-state index contributed by atoms with van der Waals surface area (Å²) in [4.78, 5) is -0.0185. The number of aromatic nitrogens is 2. The molecule has 0 atom stereocenters. The van der Waals surface area contributed by atoms with Gasteiger partial charge in [0.25, 0.3) is 10.0 Å². The second-order valence-corrected chi connectivity index (χ2v) is 7.00. The van der Waals surface area contributed by atoms with Crippen LogP contribution < -0.4 is 4.72 Å². The summed E-state index contributed by atoms with van der Waals surface area (Å²) in [5.74, 6) is -0.452. The number of nitrogens with one attached hydrogen (secondary N) is 1. The quantitative estimate of drug-likeness (QED) is 0.875. The highest BCUT2D eigenvalue weighted by Gasteiger charge is 2.17. The molecular weight excluding hydrogens is 317 g/mol. The van der Waals surface area contributed by atoms with Crippen LogP contribution in [-0.2, 0) is 21.2 Å².